The Labute approximate surface area is 272 Å². The van der Waals surface area contributed by atoms with Crippen LogP contribution in [0.5, 0.6) is 0 Å². The Morgan fingerprint density at radius 2 is 1.64 bits per heavy atom. The van der Waals surface area contributed by atoms with E-state index in [0.717, 1.165) is 19.3 Å². The van der Waals surface area contributed by atoms with Gasteiger partial charge in [-0.25, -0.2) is 13.2 Å². The van der Waals surface area contributed by atoms with Crippen LogP contribution in [0.1, 0.15) is 120 Å². The third kappa shape index (κ3) is 14.0. The number of urea groups is 1. The molecule has 0 aromatic carbocycles. The number of amides is 3. The molecule has 0 saturated carbocycles. The number of hydrogen-bond donors (Lipinski definition) is 4. The highest BCUT2D eigenvalue weighted by Gasteiger charge is 2.47. The smallest absolute Gasteiger partial charge is 0.321 e. The predicted molar refractivity (Wildman–Crippen MR) is 179 cm³/mol. The Morgan fingerprint density at radius 1 is 1.02 bits per heavy atom. The number of sulfonamides is 1. The minimum atomic E-state index is -3.13. The molecular formula is C32H63N5O7S. The van der Waals surface area contributed by atoms with Gasteiger partial charge in [0.2, 0.25) is 16.4 Å². The van der Waals surface area contributed by atoms with Crippen LogP contribution < -0.4 is 16.0 Å². The number of nitrogens with one attached hydrogen (secondary N) is 3. The molecule has 4 unspecified atom stereocenters. The zero-order chi connectivity index (χ0) is 34.8. The predicted octanol–water partition coefficient (Wildman–Crippen LogP) is 4.35. The zero-order valence-electron chi connectivity index (χ0n) is 29.4. The molecule has 45 heavy (non-hydrogen) atoms. The lowest BCUT2D eigenvalue weighted by Crippen LogP contribution is -2.65. The van der Waals surface area contributed by atoms with Gasteiger partial charge < -0.3 is 20.6 Å². The number of carbonyl (C=O) groups is 4. The summed E-state index contributed by atoms with van der Waals surface area (Å²) >= 11 is 0. The molecule has 0 bridgehead atoms. The summed E-state index contributed by atoms with van der Waals surface area (Å²) in [4.78, 5) is 48.3. The fraction of sp³-hybridized carbons (Fsp3) is 0.875. The summed E-state index contributed by atoms with van der Waals surface area (Å²) in [5.41, 5.74) is -1.37. The summed E-state index contributed by atoms with van der Waals surface area (Å²) < 4.78 is 25.1. The van der Waals surface area contributed by atoms with Gasteiger partial charge in [0.05, 0.1) is 5.75 Å². The Balaban J connectivity index is 0.000000835. The molecule has 0 aromatic heterocycles. The van der Waals surface area contributed by atoms with Crippen molar-refractivity contribution < 1.29 is 32.7 Å². The van der Waals surface area contributed by atoms with E-state index in [0.29, 0.717) is 51.9 Å². The summed E-state index contributed by atoms with van der Waals surface area (Å²) in [6.07, 6.45) is 8.91. The second kappa shape index (κ2) is 20.8. The van der Waals surface area contributed by atoms with Gasteiger partial charge in [0.15, 0.2) is 11.4 Å². The highest BCUT2D eigenvalue weighted by molar-refractivity contribution is 7.89. The average Bonchev–Trinajstić information content (AvgIpc) is 3.54. The van der Waals surface area contributed by atoms with Crippen molar-refractivity contribution in [3.05, 3.63) is 0 Å². The normalized spacial score (nSPS) is 21.3. The van der Waals surface area contributed by atoms with Crippen molar-refractivity contribution in [2.75, 3.05) is 31.9 Å². The molecule has 0 spiro atoms. The van der Waals surface area contributed by atoms with E-state index in [1.807, 2.05) is 48.5 Å². The molecule has 4 atom stereocenters. The standard InChI is InChI=1S/C18H32N2O4.C12H25N3O3S.C2H6/c1-4-5-6-7-8-10-14(2)16(17(23)24)19-18(15(3)22)11-9-12-20(18)13-21;1-5-13-11(16)14-10(12(2,3)4)9-15-7-6-8-19(15,17)18;1-2/h13-14,16,19H,4-12H2,1-3H3,(H,23,24);10H,5-9H2,1-4H3,(H2,13,14,16);1-2H3. The van der Waals surface area contributed by atoms with Gasteiger partial charge in [-0.15, -0.1) is 0 Å². The van der Waals surface area contributed by atoms with Crippen LogP contribution in [0.15, 0.2) is 0 Å². The number of carbonyl (C=O) groups excluding carboxylic acids is 3. The molecule has 2 saturated heterocycles. The van der Waals surface area contributed by atoms with Crippen LogP contribution >= 0.6 is 0 Å². The van der Waals surface area contributed by atoms with Gasteiger partial charge in [0.25, 0.3) is 0 Å². The van der Waals surface area contributed by atoms with Crippen molar-refractivity contribution in [2.24, 2.45) is 11.3 Å². The van der Waals surface area contributed by atoms with Crippen molar-refractivity contribution in [1.29, 1.82) is 0 Å². The van der Waals surface area contributed by atoms with Crippen LogP contribution in [0.3, 0.4) is 0 Å². The third-order valence-electron chi connectivity index (χ3n) is 8.41. The van der Waals surface area contributed by atoms with Crippen LogP contribution in [-0.4, -0.2) is 96.6 Å². The first-order valence-corrected chi connectivity index (χ1v) is 18.4. The SMILES string of the molecule is CC.CCCCCCCC(C)C(NC1(C(C)=O)CCCN1C=O)C(=O)O.CCNC(=O)NC(CN1CCCS1(=O)=O)C(C)(C)C. The van der Waals surface area contributed by atoms with Crippen LogP contribution in [0.4, 0.5) is 4.79 Å². The number of ketones is 1. The molecule has 12 nitrogen and oxygen atoms in total. The lowest BCUT2D eigenvalue weighted by Gasteiger charge is -2.38. The van der Waals surface area contributed by atoms with Gasteiger partial charge in [-0.1, -0.05) is 80.6 Å². The van der Waals surface area contributed by atoms with Crippen molar-refractivity contribution in [1.82, 2.24) is 25.2 Å². The molecule has 0 radical (unpaired) electrons. The number of aliphatic carboxylic acids is 1. The van der Waals surface area contributed by atoms with Crippen LogP contribution in [0.25, 0.3) is 0 Å². The zero-order valence-corrected chi connectivity index (χ0v) is 30.2. The summed E-state index contributed by atoms with van der Waals surface area (Å²) in [6.45, 7) is 19.2. The maximum absolute atomic E-state index is 12.2. The van der Waals surface area contributed by atoms with E-state index in [1.165, 1.54) is 35.4 Å². The molecule has 2 rings (SSSR count). The second-order valence-electron chi connectivity index (χ2n) is 12.9. The number of Topliss-reactive ketones (excluding diaryl/α,β-unsaturated/α-hetero) is 1. The van der Waals surface area contributed by atoms with E-state index in [1.54, 1.807) is 0 Å². The molecule has 0 aliphatic carbocycles. The van der Waals surface area contributed by atoms with Gasteiger partial charge in [-0.2, -0.15) is 4.31 Å². The monoisotopic (exact) mass is 661 g/mol. The summed E-state index contributed by atoms with van der Waals surface area (Å²) in [5, 5.41) is 18.2. The first kappa shape index (κ1) is 42.8. The molecule has 2 aliphatic heterocycles. The van der Waals surface area contributed by atoms with Crippen molar-refractivity contribution in [3.63, 3.8) is 0 Å². The Kier molecular flexibility index (Phi) is 19.7. The van der Waals surface area contributed by atoms with Crippen LogP contribution in [0.2, 0.25) is 0 Å². The molecule has 0 aromatic rings. The molecule has 2 fully saturated rings. The van der Waals surface area contributed by atoms with E-state index in [4.69, 9.17) is 0 Å². The lowest BCUT2D eigenvalue weighted by atomic mass is 9.86. The van der Waals surface area contributed by atoms with Gasteiger partial charge in [-0.05, 0) is 50.9 Å². The first-order chi connectivity index (χ1) is 21.0. The number of nitrogens with zero attached hydrogens (tertiary/aromatic N) is 2. The number of unbranched alkanes of at least 4 members (excludes halogenated alkanes) is 4. The summed E-state index contributed by atoms with van der Waals surface area (Å²) in [5.74, 6) is -1.05. The third-order valence-corrected chi connectivity index (χ3v) is 10.3. The topological polar surface area (TPSA) is 165 Å². The van der Waals surface area contributed by atoms with Crippen molar-refractivity contribution in [3.8, 4) is 0 Å². The van der Waals surface area contributed by atoms with E-state index >= 15 is 0 Å². The highest BCUT2D eigenvalue weighted by Crippen LogP contribution is 2.29. The van der Waals surface area contributed by atoms with Crippen molar-refractivity contribution in [2.45, 2.75) is 138 Å². The minimum Gasteiger partial charge on any atom is -0.480 e. The number of rotatable bonds is 16. The molecular weight excluding hydrogens is 598 g/mol. The number of hydrogen-bond acceptors (Lipinski definition) is 7. The van der Waals surface area contributed by atoms with Gasteiger partial charge in [0, 0.05) is 32.2 Å². The second-order valence-corrected chi connectivity index (χ2v) is 15.0. The number of carboxylic acid groups (broad SMARTS) is 1. The molecule has 13 heteroatoms. The van der Waals surface area contributed by atoms with E-state index in [9.17, 15) is 32.7 Å². The molecule has 2 aliphatic rings. The lowest BCUT2D eigenvalue weighted by molar-refractivity contribution is -0.146. The molecule has 2 heterocycles. The van der Waals surface area contributed by atoms with Crippen LogP contribution in [0, 0.1) is 11.3 Å². The molecule has 4 N–H and O–H groups in total. The molecule has 264 valence electrons. The van der Waals surface area contributed by atoms with E-state index in [2.05, 4.69) is 22.9 Å². The van der Waals surface area contributed by atoms with Crippen LogP contribution in [-0.2, 0) is 24.4 Å². The average molecular weight is 662 g/mol. The Morgan fingerprint density at radius 3 is 2.11 bits per heavy atom. The fourth-order valence-electron chi connectivity index (χ4n) is 5.56. The highest BCUT2D eigenvalue weighted by atomic mass is 32.2. The minimum absolute atomic E-state index is 0.102. The number of likely N-dealkylation sites (tertiary alicyclic amines) is 1. The fourth-order valence-corrected chi connectivity index (χ4v) is 7.10. The van der Waals surface area contributed by atoms with Gasteiger partial charge in [-0.3, -0.25) is 19.7 Å². The van der Waals surface area contributed by atoms with Crippen molar-refractivity contribution >= 4 is 34.2 Å². The van der Waals surface area contributed by atoms with E-state index < -0.39 is 27.7 Å². The molecule has 3 amide bonds. The Hall–Kier alpha value is -2.25. The largest absolute Gasteiger partial charge is 0.480 e. The number of carboxylic acids is 1. The van der Waals surface area contributed by atoms with Gasteiger partial charge >= 0.3 is 12.0 Å². The maximum atomic E-state index is 12.2. The van der Waals surface area contributed by atoms with Gasteiger partial charge in [0.1, 0.15) is 6.04 Å². The van der Waals surface area contributed by atoms with E-state index in [-0.39, 0.29) is 34.9 Å². The summed E-state index contributed by atoms with van der Waals surface area (Å²) in [6, 6.07) is -1.30. The quantitative estimate of drug-likeness (QED) is 0.140. The summed E-state index contributed by atoms with van der Waals surface area (Å²) in [7, 11) is -3.13. The maximum Gasteiger partial charge on any atom is 0.321 e. The first-order valence-electron chi connectivity index (χ1n) is 16.8. The Bertz CT molecular complexity index is 1020.